The zero-order valence-electron chi connectivity index (χ0n) is 10.7. The van der Waals surface area contributed by atoms with Gasteiger partial charge in [-0.25, -0.2) is 4.98 Å². The second-order valence-electron chi connectivity index (χ2n) is 4.35. The number of nitrogens with zero attached hydrogens (tertiary/aromatic N) is 4. The summed E-state index contributed by atoms with van der Waals surface area (Å²) in [6, 6.07) is 3.73. The van der Waals surface area contributed by atoms with Crippen LogP contribution < -0.4 is 0 Å². The van der Waals surface area contributed by atoms with Crippen LogP contribution in [0.1, 0.15) is 36.5 Å². The van der Waals surface area contributed by atoms with Gasteiger partial charge in [0.15, 0.2) is 0 Å². The first-order chi connectivity index (χ1) is 8.70. The minimum absolute atomic E-state index is 0.476. The summed E-state index contributed by atoms with van der Waals surface area (Å²) < 4.78 is 1.84. The number of aromatic nitrogens is 4. The fourth-order valence-electron chi connectivity index (χ4n) is 1.91. The highest BCUT2D eigenvalue weighted by atomic mass is 16.3. The van der Waals surface area contributed by atoms with E-state index in [1.807, 2.05) is 23.7 Å². The maximum atomic E-state index is 10.2. The van der Waals surface area contributed by atoms with E-state index in [-0.39, 0.29) is 0 Å². The molecule has 2 aromatic rings. The van der Waals surface area contributed by atoms with Crippen molar-refractivity contribution in [2.24, 2.45) is 0 Å². The van der Waals surface area contributed by atoms with Gasteiger partial charge in [-0.3, -0.25) is 9.67 Å². The zero-order chi connectivity index (χ0) is 13.0. The maximum absolute atomic E-state index is 10.2. The van der Waals surface area contributed by atoms with Gasteiger partial charge in [-0.1, -0.05) is 6.92 Å². The standard InChI is InChI=1S/C13H18N4O/c1-3-6-17-13(15-9-16-17)8-12(18)11-4-5-14-10(2)7-11/h4-5,7,9,12,18H,3,6,8H2,1-2H3. The van der Waals surface area contributed by atoms with Gasteiger partial charge in [-0.2, -0.15) is 5.10 Å². The molecule has 0 aliphatic carbocycles. The van der Waals surface area contributed by atoms with E-state index in [0.29, 0.717) is 6.42 Å². The van der Waals surface area contributed by atoms with Crippen LogP contribution in [0.15, 0.2) is 24.7 Å². The van der Waals surface area contributed by atoms with E-state index in [0.717, 1.165) is 30.0 Å². The Labute approximate surface area is 107 Å². The monoisotopic (exact) mass is 246 g/mol. The van der Waals surface area contributed by atoms with E-state index in [2.05, 4.69) is 22.0 Å². The smallest absolute Gasteiger partial charge is 0.138 e. The van der Waals surface area contributed by atoms with Crippen LogP contribution in [0, 0.1) is 6.92 Å². The molecule has 0 aliphatic heterocycles. The quantitative estimate of drug-likeness (QED) is 0.871. The van der Waals surface area contributed by atoms with Crippen molar-refractivity contribution in [3.05, 3.63) is 41.7 Å². The number of hydrogen-bond acceptors (Lipinski definition) is 4. The first-order valence-electron chi connectivity index (χ1n) is 6.18. The van der Waals surface area contributed by atoms with Crippen LogP contribution in [0.25, 0.3) is 0 Å². The van der Waals surface area contributed by atoms with Crippen molar-refractivity contribution in [2.45, 2.75) is 39.3 Å². The van der Waals surface area contributed by atoms with Crippen molar-refractivity contribution in [2.75, 3.05) is 0 Å². The van der Waals surface area contributed by atoms with Gasteiger partial charge in [0.1, 0.15) is 12.2 Å². The summed E-state index contributed by atoms with van der Waals surface area (Å²) in [7, 11) is 0. The highest BCUT2D eigenvalue weighted by molar-refractivity contribution is 5.18. The molecular formula is C13H18N4O. The lowest BCUT2D eigenvalue weighted by atomic mass is 10.1. The molecule has 2 heterocycles. The molecule has 18 heavy (non-hydrogen) atoms. The van der Waals surface area contributed by atoms with Crippen LogP contribution in [0.3, 0.4) is 0 Å². The molecule has 0 bridgehead atoms. The van der Waals surface area contributed by atoms with E-state index < -0.39 is 6.10 Å². The normalized spacial score (nSPS) is 12.6. The number of aliphatic hydroxyl groups is 1. The average molecular weight is 246 g/mol. The van der Waals surface area contributed by atoms with Crippen molar-refractivity contribution in [1.82, 2.24) is 19.7 Å². The van der Waals surface area contributed by atoms with E-state index in [1.54, 1.807) is 6.20 Å². The molecule has 0 aromatic carbocycles. The van der Waals surface area contributed by atoms with Crippen LogP contribution in [0.2, 0.25) is 0 Å². The van der Waals surface area contributed by atoms with Crippen LogP contribution in [0.5, 0.6) is 0 Å². The van der Waals surface area contributed by atoms with Crippen molar-refractivity contribution in [3.8, 4) is 0 Å². The minimum atomic E-state index is -0.563. The van der Waals surface area contributed by atoms with Crippen molar-refractivity contribution < 1.29 is 5.11 Å². The molecule has 2 rings (SSSR count). The molecule has 0 spiro atoms. The fourth-order valence-corrected chi connectivity index (χ4v) is 1.91. The molecule has 1 unspecified atom stereocenters. The first kappa shape index (κ1) is 12.7. The van der Waals surface area contributed by atoms with Crippen molar-refractivity contribution >= 4 is 0 Å². The number of pyridine rings is 1. The van der Waals surface area contributed by atoms with E-state index in [1.165, 1.54) is 6.33 Å². The summed E-state index contributed by atoms with van der Waals surface area (Å²) in [5.41, 5.74) is 1.77. The Kier molecular flexibility index (Phi) is 4.04. The Morgan fingerprint density at radius 1 is 1.39 bits per heavy atom. The first-order valence-corrected chi connectivity index (χ1v) is 6.18. The fraction of sp³-hybridized carbons (Fsp3) is 0.462. The van der Waals surface area contributed by atoms with E-state index in [4.69, 9.17) is 0 Å². The molecule has 96 valence electrons. The molecule has 0 radical (unpaired) electrons. The SMILES string of the molecule is CCCn1ncnc1CC(O)c1ccnc(C)c1. The van der Waals surface area contributed by atoms with E-state index >= 15 is 0 Å². The second-order valence-corrected chi connectivity index (χ2v) is 4.35. The zero-order valence-corrected chi connectivity index (χ0v) is 10.7. The Balaban J connectivity index is 2.11. The molecule has 5 nitrogen and oxygen atoms in total. The van der Waals surface area contributed by atoms with Gasteiger partial charge in [-0.05, 0) is 31.0 Å². The third-order valence-corrected chi connectivity index (χ3v) is 2.81. The van der Waals surface area contributed by atoms with Crippen LogP contribution in [-0.4, -0.2) is 24.9 Å². The van der Waals surface area contributed by atoms with Gasteiger partial charge < -0.3 is 5.11 Å². The molecule has 2 aromatic heterocycles. The van der Waals surface area contributed by atoms with Crippen LogP contribution in [-0.2, 0) is 13.0 Å². The lowest BCUT2D eigenvalue weighted by molar-refractivity contribution is 0.173. The molecular weight excluding hydrogens is 228 g/mol. The van der Waals surface area contributed by atoms with Crippen molar-refractivity contribution in [3.63, 3.8) is 0 Å². The molecule has 5 heteroatoms. The molecule has 0 aliphatic rings. The van der Waals surface area contributed by atoms with Gasteiger partial charge in [0.2, 0.25) is 0 Å². The van der Waals surface area contributed by atoms with Gasteiger partial charge in [0.25, 0.3) is 0 Å². The lowest BCUT2D eigenvalue weighted by Crippen LogP contribution is -2.10. The highest BCUT2D eigenvalue weighted by Gasteiger charge is 2.13. The second kappa shape index (κ2) is 5.73. The summed E-state index contributed by atoms with van der Waals surface area (Å²) in [5, 5.41) is 14.4. The summed E-state index contributed by atoms with van der Waals surface area (Å²) in [4.78, 5) is 8.32. The largest absolute Gasteiger partial charge is 0.388 e. The van der Waals surface area contributed by atoms with Gasteiger partial charge >= 0.3 is 0 Å². The average Bonchev–Trinajstić information content (AvgIpc) is 2.77. The molecule has 1 atom stereocenters. The lowest BCUT2D eigenvalue weighted by Gasteiger charge is -2.11. The molecule has 1 N–H and O–H groups in total. The summed E-state index contributed by atoms with van der Waals surface area (Å²) in [5.74, 6) is 0.818. The van der Waals surface area contributed by atoms with Crippen LogP contribution in [0.4, 0.5) is 0 Å². The topological polar surface area (TPSA) is 63.8 Å². The molecule has 0 saturated carbocycles. The van der Waals surface area contributed by atoms with Gasteiger partial charge in [0.05, 0.1) is 6.10 Å². The molecule has 0 amide bonds. The predicted molar refractivity (Wildman–Crippen MR) is 68.0 cm³/mol. The summed E-state index contributed by atoms with van der Waals surface area (Å²) in [6.07, 6.45) is 4.16. The highest BCUT2D eigenvalue weighted by Crippen LogP contribution is 2.17. The van der Waals surface area contributed by atoms with Crippen molar-refractivity contribution in [1.29, 1.82) is 0 Å². The van der Waals surface area contributed by atoms with E-state index in [9.17, 15) is 5.11 Å². The number of hydrogen-bond donors (Lipinski definition) is 1. The molecule has 0 fully saturated rings. The summed E-state index contributed by atoms with van der Waals surface area (Å²) in [6.45, 7) is 4.83. The third-order valence-electron chi connectivity index (χ3n) is 2.81. The maximum Gasteiger partial charge on any atom is 0.138 e. The molecule has 0 saturated heterocycles. The minimum Gasteiger partial charge on any atom is -0.388 e. The number of aryl methyl sites for hydroxylation is 2. The summed E-state index contributed by atoms with van der Waals surface area (Å²) >= 11 is 0. The Hall–Kier alpha value is -1.75. The van der Waals surface area contributed by atoms with Gasteiger partial charge in [0, 0.05) is 24.9 Å². The Morgan fingerprint density at radius 3 is 2.94 bits per heavy atom. The van der Waals surface area contributed by atoms with Crippen LogP contribution >= 0.6 is 0 Å². The number of aliphatic hydroxyl groups excluding tert-OH is 1. The number of rotatable bonds is 5. The van der Waals surface area contributed by atoms with Gasteiger partial charge in [-0.15, -0.1) is 0 Å². The third kappa shape index (κ3) is 2.92. The Morgan fingerprint density at radius 2 is 2.22 bits per heavy atom. The predicted octanol–water partition coefficient (Wildman–Crippen LogP) is 1.67. The Bertz CT molecular complexity index is 509.